The van der Waals surface area contributed by atoms with Crippen LogP contribution in [0.3, 0.4) is 0 Å². The zero-order valence-corrected chi connectivity index (χ0v) is 26.1. The van der Waals surface area contributed by atoms with Gasteiger partial charge in [-0.25, -0.2) is 18.2 Å². The molecule has 228 valence electrons. The number of amides is 1. The summed E-state index contributed by atoms with van der Waals surface area (Å²) < 4.78 is 34.7. The molecule has 4 aromatic rings. The maximum absolute atomic E-state index is 12.4. The van der Waals surface area contributed by atoms with E-state index in [-0.39, 0.29) is 11.8 Å². The fraction of sp³-hybridized carbons (Fsp3) is 0.387. The van der Waals surface area contributed by atoms with Gasteiger partial charge in [0.1, 0.15) is 11.2 Å². The van der Waals surface area contributed by atoms with Crippen molar-refractivity contribution >= 4 is 50.2 Å². The van der Waals surface area contributed by atoms with Crippen LogP contribution >= 0.6 is 0 Å². The smallest absolute Gasteiger partial charge is 0.410 e. The summed E-state index contributed by atoms with van der Waals surface area (Å²) in [7, 11) is -3.41. The lowest BCUT2D eigenvalue weighted by molar-refractivity contribution is 0.0240. The van der Waals surface area contributed by atoms with E-state index in [1.807, 2.05) is 80.9 Å². The Hall–Kier alpha value is -4.32. The molecule has 0 aliphatic carbocycles. The normalized spacial score (nSPS) is 14.2. The Labute approximate surface area is 252 Å². The minimum Gasteiger partial charge on any atom is -0.444 e. The molecule has 5 rings (SSSR count). The Morgan fingerprint density at radius 3 is 2.42 bits per heavy atom. The highest BCUT2D eigenvalue weighted by atomic mass is 32.2. The van der Waals surface area contributed by atoms with Crippen molar-refractivity contribution in [3.05, 3.63) is 72.1 Å². The number of aryl methyl sites for hydroxylation is 1. The first-order valence-corrected chi connectivity index (χ1v) is 16.1. The van der Waals surface area contributed by atoms with Crippen molar-refractivity contribution < 1.29 is 17.9 Å². The number of nitrogens with zero attached hydrogens (tertiary/aromatic N) is 5. The van der Waals surface area contributed by atoms with Crippen LogP contribution in [-0.4, -0.2) is 71.5 Å². The fourth-order valence-electron chi connectivity index (χ4n) is 4.89. The second kappa shape index (κ2) is 12.1. The van der Waals surface area contributed by atoms with Crippen molar-refractivity contribution in [2.45, 2.75) is 46.8 Å². The summed E-state index contributed by atoms with van der Waals surface area (Å²) in [6, 6.07) is 15.7. The van der Waals surface area contributed by atoms with Gasteiger partial charge in [-0.05, 0) is 76.6 Å². The van der Waals surface area contributed by atoms with E-state index in [1.54, 1.807) is 24.1 Å². The quantitative estimate of drug-likeness (QED) is 0.276. The second-order valence-electron chi connectivity index (χ2n) is 11.7. The number of rotatable bonds is 8. The van der Waals surface area contributed by atoms with E-state index in [1.165, 1.54) is 0 Å². The predicted octanol–water partition coefficient (Wildman–Crippen LogP) is 5.35. The Bertz CT molecular complexity index is 1700. The monoisotopic (exact) mass is 605 g/mol. The minimum absolute atomic E-state index is 0.000729. The molecule has 43 heavy (non-hydrogen) atoms. The third kappa shape index (κ3) is 7.56. The maximum Gasteiger partial charge on any atom is 0.410 e. The van der Waals surface area contributed by atoms with E-state index in [2.05, 4.69) is 19.9 Å². The molecule has 2 aromatic carbocycles. The molecule has 3 heterocycles. The van der Waals surface area contributed by atoms with Gasteiger partial charge in [-0.3, -0.25) is 4.72 Å². The number of hydrogen-bond donors (Lipinski definition) is 2. The topological polar surface area (TPSA) is 122 Å². The molecule has 0 saturated carbocycles. The molecule has 0 atom stereocenters. The lowest BCUT2D eigenvalue weighted by Crippen LogP contribution is -2.50. The van der Waals surface area contributed by atoms with E-state index in [9.17, 15) is 13.2 Å². The highest BCUT2D eigenvalue weighted by molar-refractivity contribution is 7.92. The van der Waals surface area contributed by atoms with E-state index < -0.39 is 15.6 Å². The van der Waals surface area contributed by atoms with E-state index in [0.29, 0.717) is 31.3 Å². The molecule has 0 bridgehead atoms. The standard InChI is InChI=1S/C31H39N7O4S/c1-6-43(40,41)35-27-12-7-22(2)19-24(27)21-38-14-13-23-20-32-29(34-28(23)38)33-25-8-10-26(11-9-25)36-15-17-37(18-16-36)30(39)42-31(3,4)5/h7-14,19-20,35H,6,15-18,21H2,1-5H3,(H,32,33,34). The van der Waals surface area contributed by atoms with Crippen LogP contribution in [0.1, 0.15) is 38.8 Å². The second-order valence-corrected chi connectivity index (χ2v) is 13.7. The number of carbonyl (C=O) groups excluding carboxylic acids is 1. The van der Waals surface area contributed by atoms with Crippen molar-refractivity contribution in [1.82, 2.24) is 19.4 Å². The molecule has 2 N–H and O–H groups in total. The first-order valence-electron chi connectivity index (χ1n) is 14.4. The Balaban J connectivity index is 1.26. The number of fused-ring (bicyclic) bond motifs is 1. The number of anilines is 4. The highest BCUT2D eigenvalue weighted by Gasteiger charge is 2.26. The lowest BCUT2D eigenvalue weighted by atomic mass is 10.1. The number of hydrogen-bond acceptors (Lipinski definition) is 8. The van der Waals surface area contributed by atoms with Gasteiger partial charge in [0.25, 0.3) is 0 Å². The fourth-order valence-corrected chi connectivity index (χ4v) is 5.57. The van der Waals surface area contributed by atoms with Crippen LogP contribution in [0, 0.1) is 6.92 Å². The van der Waals surface area contributed by atoms with Crippen molar-refractivity contribution in [2.75, 3.05) is 46.9 Å². The van der Waals surface area contributed by atoms with Gasteiger partial charge in [0.15, 0.2) is 0 Å². The zero-order valence-electron chi connectivity index (χ0n) is 25.3. The molecule has 1 saturated heterocycles. The Morgan fingerprint density at radius 2 is 1.74 bits per heavy atom. The van der Waals surface area contributed by atoms with Crippen LogP contribution in [-0.2, 0) is 21.3 Å². The number of sulfonamides is 1. The summed E-state index contributed by atoms with van der Waals surface area (Å²) in [4.78, 5) is 25.6. The summed E-state index contributed by atoms with van der Waals surface area (Å²) in [6.45, 7) is 12.3. The molecular formula is C31H39N7O4S. The van der Waals surface area contributed by atoms with Crippen molar-refractivity contribution in [2.24, 2.45) is 0 Å². The number of benzene rings is 2. The minimum atomic E-state index is -3.41. The number of carbonyl (C=O) groups is 1. The third-order valence-electron chi connectivity index (χ3n) is 7.17. The summed E-state index contributed by atoms with van der Waals surface area (Å²) in [6.07, 6.45) is 3.44. The number of ether oxygens (including phenoxy) is 1. The van der Waals surface area contributed by atoms with Crippen molar-refractivity contribution in [3.8, 4) is 0 Å². The van der Waals surface area contributed by atoms with E-state index in [4.69, 9.17) is 9.72 Å². The summed E-state index contributed by atoms with van der Waals surface area (Å²) >= 11 is 0. The van der Waals surface area contributed by atoms with Gasteiger partial charge >= 0.3 is 6.09 Å². The molecule has 0 radical (unpaired) electrons. The van der Waals surface area contributed by atoms with E-state index in [0.717, 1.165) is 46.6 Å². The molecule has 1 aliphatic heterocycles. The van der Waals surface area contributed by atoms with E-state index >= 15 is 0 Å². The van der Waals surface area contributed by atoms with Crippen molar-refractivity contribution in [1.29, 1.82) is 0 Å². The average Bonchev–Trinajstić information content (AvgIpc) is 3.36. The highest BCUT2D eigenvalue weighted by Crippen LogP contribution is 2.25. The zero-order chi connectivity index (χ0) is 30.8. The SMILES string of the molecule is CCS(=O)(=O)Nc1ccc(C)cc1Cn1ccc2cnc(Nc3ccc(N4CCN(C(=O)OC(C)(C)C)CC4)cc3)nc21. The van der Waals surface area contributed by atoms with Gasteiger partial charge in [-0.15, -0.1) is 0 Å². The van der Waals surface area contributed by atoms with Gasteiger partial charge in [0.2, 0.25) is 16.0 Å². The number of aromatic nitrogens is 3. The van der Waals surface area contributed by atoms with Crippen LogP contribution in [0.2, 0.25) is 0 Å². The molecule has 2 aromatic heterocycles. The molecule has 0 unspecified atom stereocenters. The summed E-state index contributed by atoms with van der Waals surface area (Å²) in [5.41, 5.74) is 4.61. The van der Waals surface area contributed by atoms with Crippen molar-refractivity contribution in [3.63, 3.8) is 0 Å². The predicted molar refractivity (Wildman–Crippen MR) is 171 cm³/mol. The van der Waals surface area contributed by atoms with Crippen LogP contribution < -0.4 is 14.9 Å². The number of piperazine rings is 1. The maximum atomic E-state index is 12.4. The molecule has 0 spiro atoms. The molecule has 1 aliphatic rings. The van der Waals surface area contributed by atoms with Crippen LogP contribution in [0.15, 0.2) is 60.9 Å². The van der Waals surface area contributed by atoms with Gasteiger partial charge in [0, 0.05) is 55.3 Å². The van der Waals surface area contributed by atoms with Crippen LogP contribution in [0.4, 0.5) is 27.8 Å². The third-order valence-corrected chi connectivity index (χ3v) is 8.46. The van der Waals surface area contributed by atoms with Gasteiger partial charge in [0.05, 0.1) is 18.0 Å². The first-order chi connectivity index (χ1) is 20.4. The molecule has 1 amide bonds. The van der Waals surface area contributed by atoms with Crippen LogP contribution in [0.5, 0.6) is 0 Å². The Kier molecular flexibility index (Phi) is 8.50. The molecule has 12 heteroatoms. The van der Waals surface area contributed by atoms with Crippen LogP contribution in [0.25, 0.3) is 11.0 Å². The number of nitrogens with one attached hydrogen (secondary N) is 2. The first kappa shape index (κ1) is 30.1. The molecular weight excluding hydrogens is 566 g/mol. The summed E-state index contributed by atoms with van der Waals surface area (Å²) in [5, 5.41) is 4.18. The largest absolute Gasteiger partial charge is 0.444 e. The average molecular weight is 606 g/mol. The Morgan fingerprint density at radius 1 is 1.02 bits per heavy atom. The van der Waals surface area contributed by atoms with Gasteiger partial charge < -0.3 is 24.4 Å². The molecule has 1 fully saturated rings. The lowest BCUT2D eigenvalue weighted by Gasteiger charge is -2.36. The summed E-state index contributed by atoms with van der Waals surface area (Å²) in [5.74, 6) is 0.461. The van der Waals surface area contributed by atoms with Gasteiger partial charge in [-0.1, -0.05) is 17.7 Å². The van der Waals surface area contributed by atoms with Gasteiger partial charge in [-0.2, -0.15) is 4.98 Å². The molecule has 11 nitrogen and oxygen atoms in total.